The molecule has 0 spiro atoms. The van der Waals surface area contributed by atoms with Gasteiger partial charge in [-0.15, -0.1) is 0 Å². The molecule has 11 heavy (non-hydrogen) atoms. The fraction of sp³-hybridized carbons (Fsp3) is 0.125. The van der Waals surface area contributed by atoms with Gasteiger partial charge in [-0.3, -0.25) is 0 Å². The fourth-order valence-electron chi connectivity index (χ4n) is 1.06. The second-order valence-corrected chi connectivity index (χ2v) is 3.35. The van der Waals surface area contributed by atoms with Crippen molar-refractivity contribution in [2.45, 2.75) is 6.92 Å². The van der Waals surface area contributed by atoms with Gasteiger partial charge in [0, 0.05) is 10.3 Å². The first-order valence-electron chi connectivity index (χ1n) is 3.29. The second kappa shape index (κ2) is 2.27. The number of benzene rings is 1. The Labute approximate surface area is 67.6 Å². The number of halogens is 1. The molecule has 1 aromatic heterocycles. The lowest BCUT2D eigenvalue weighted by Crippen LogP contribution is -1.75. The van der Waals surface area contributed by atoms with Crippen molar-refractivity contribution in [2.75, 3.05) is 0 Å². The minimum absolute atomic E-state index is 0.230. The predicted molar refractivity (Wildman–Crippen MR) is 44.3 cm³/mol. The van der Waals surface area contributed by atoms with Crippen LogP contribution in [0, 0.1) is 12.7 Å². The smallest absolute Gasteiger partial charge is 0.150 e. The molecule has 3 heteroatoms. The highest BCUT2D eigenvalue weighted by Crippen LogP contribution is 2.22. The standard InChI is InChI=1S/C8H6FNS/c1-5-6-3-2-4-7(9)8(6)10-11-5/h2-4H,1H3. The maximum absolute atomic E-state index is 12.9. The highest BCUT2D eigenvalue weighted by molar-refractivity contribution is 7.07. The van der Waals surface area contributed by atoms with E-state index in [2.05, 4.69) is 4.37 Å². The van der Waals surface area contributed by atoms with Crippen molar-refractivity contribution in [3.05, 3.63) is 28.9 Å². The van der Waals surface area contributed by atoms with Gasteiger partial charge in [0.15, 0.2) is 5.82 Å². The van der Waals surface area contributed by atoms with Gasteiger partial charge in [0.1, 0.15) is 5.52 Å². The molecular formula is C8H6FNS. The first-order chi connectivity index (χ1) is 5.29. The molecule has 1 heterocycles. The van der Waals surface area contributed by atoms with Crippen LogP contribution in [-0.4, -0.2) is 4.37 Å². The van der Waals surface area contributed by atoms with Crippen LogP contribution in [0.25, 0.3) is 10.9 Å². The Bertz CT molecular complexity index is 394. The van der Waals surface area contributed by atoms with Crippen LogP contribution < -0.4 is 0 Å². The van der Waals surface area contributed by atoms with Gasteiger partial charge in [-0.2, -0.15) is 4.37 Å². The number of aryl methyl sites for hydroxylation is 1. The quantitative estimate of drug-likeness (QED) is 0.588. The van der Waals surface area contributed by atoms with Crippen LogP contribution in [0.3, 0.4) is 0 Å². The van der Waals surface area contributed by atoms with E-state index < -0.39 is 0 Å². The summed E-state index contributed by atoms with van der Waals surface area (Å²) in [6.45, 7) is 1.94. The number of fused-ring (bicyclic) bond motifs is 1. The molecule has 0 radical (unpaired) electrons. The topological polar surface area (TPSA) is 12.9 Å². The lowest BCUT2D eigenvalue weighted by Gasteiger charge is -1.88. The molecule has 56 valence electrons. The maximum Gasteiger partial charge on any atom is 0.150 e. The molecular weight excluding hydrogens is 161 g/mol. The summed E-state index contributed by atoms with van der Waals surface area (Å²) in [5.74, 6) is -0.230. The van der Waals surface area contributed by atoms with Crippen LogP contribution in [0.15, 0.2) is 18.2 Å². The average molecular weight is 167 g/mol. The Hall–Kier alpha value is -0.960. The Morgan fingerprint density at radius 2 is 2.27 bits per heavy atom. The van der Waals surface area contributed by atoms with E-state index in [1.54, 1.807) is 6.07 Å². The third-order valence-corrected chi connectivity index (χ3v) is 2.41. The van der Waals surface area contributed by atoms with Crippen molar-refractivity contribution in [2.24, 2.45) is 0 Å². The SMILES string of the molecule is Cc1snc2c(F)cccc12. The zero-order valence-corrected chi connectivity index (χ0v) is 6.78. The third-order valence-electron chi connectivity index (χ3n) is 1.64. The molecule has 0 N–H and O–H groups in total. The van der Waals surface area contributed by atoms with E-state index in [0.717, 1.165) is 10.3 Å². The Kier molecular flexibility index (Phi) is 1.39. The van der Waals surface area contributed by atoms with Crippen LogP contribution in [-0.2, 0) is 0 Å². The first-order valence-corrected chi connectivity index (χ1v) is 4.07. The van der Waals surface area contributed by atoms with E-state index in [1.807, 2.05) is 13.0 Å². The summed E-state index contributed by atoms with van der Waals surface area (Å²) in [5, 5.41) is 0.926. The van der Waals surface area contributed by atoms with Gasteiger partial charge in [0.25, 0.3) is 0 Å². The average Bonchev–Trinajstić information content (AvgIpc) is 2.35. The van der Waals surface area contributed by atoms with Gasteiger partial charge >= 0.3 is 0 Å². The lowest BCUT2D eigenvalue weighted by atomic mass is 10.2. The molecule has 1 aromatic carbocycles. The van der Waals surface area contributed by atoms with Crippen molar-refractivity contribution in [3.8, 4) is 0 Å². The zero-order valence-electron chi connectivity index (χ0n) is 5.97. The summed E-state index contributed by atoms with van der Waals surface area (Å²) in [6.07, 6.45) is 0. The number of hydrogen-bond acceptors (Lipinski definition) is 2. The van der Waals surface area contributed by atoms with Gasteiger partial charge in [0.2, 0.25) is 0 Å². The summed E-state index contributed by atoms with van der Waals surface area (Å²) < 4.78 is 16.9. The predicted octanol–water partition coefficient (Wildman–Crippen LogP) is 2.74. The Morgan fingerprint density at radius 3 is 3.00 bits per heavy atom. The Morgan fingerprint density at radius 1 is 1.45 bits per heavy atom. The fourth-order valence-corrected chi connectivity index (χ4v) is 1.73. The third kappa shape index (κ3) is 0.922. The molecule has 0 unspecified atom stereocenters. The van der Waals surface area contributed by atoms with Crippen molar-refractivity contribution in [1.29, 1.82) is 0 Å². The van der Waals surface area contributed by atoms with Crippen LogP contribution in [0.1, 0.15) is 4.88 Å². The molecule has 0 saturated heterocycles. The highest BCUT2D eigenvalue weighted by atomic mass is 32.1. The minimum atomic E-state index is -0.230. The minimum Gasteiger partial charge on any atom is -0.205 e. The zero-order chi connectivity index (χ0) is 7.84. The molecule has 0 saturated carbocycles. The van der Waals surface area contributed by atoms with Crippen molar-refractivity contribution < 1.29 is 4.39 Å². The second-order valence-electron chi connectivity index (χ2n) is 2.37. The lowest BCUT2D eigenvalue weighted by molar-refractivity contribution is 0.638. The summed E-state index contributed by atoms with van der Waals surface area (Å²) in [7, 11) is 0. The number of aromatic nitrogens is 1. The van der Waals surface area contributed by atoms with Gasteiger partial charge in [-0.1, -0.05) is 12.1 Å². The van der Waals surface area contributed by atoms with Crippen LogP contribution >= 0.6 is 11.5 Å². The molecule has 2 rings (SSSR count). The monoisotopic (exact) mass is 167 g/mol. The molecule has 0 aliphatic heterocycles. The summed E-state index contributed by atoms with van der Waals surface area (Å²) >= 11 is 1.34. The van der Waals surface area contributed by atoms with E-state index in [0.29, 0.717) is 5.52 Å². The molecule has 1 nitrogen and oxygen atoms in total. The van der Waals surface area contributed by atoms with Crippen LogP contribution in [0.2, 0.25) is 0 Å². The van der Waals surface area contributed by atoms with Crippen molar-refractivity contribution in [1.82, 2.24) is 4.37 Å². The summed E-state index contributed by atoms with van der Waals surface area (Å²) in [4.78, 5) is 1.07. The van der Waals surface area contributed by atoms with E-state index in [4.69, 9.17) is 0 Å². The largest absolute Gasteiger partial charge is 0.205 e. The van der Waals surface area contributed by atoms with Gasteiger partial charge in [-0.05, 0) is 24.5 Å². The normalized spacial score (nSPS) is 10.7. The Balaban J connectivity index is 2.94. The van der Waals surface area contributed by atoms with Gasteiger partial charge in [-0.25, -0.2) is 4.39 Å². The highest BCUT2D eigenvalue weighted by Gasteiger charge is 2.04. The van der Waals surface area contributed by atoms with Crippen molar-refractivity contribution >= 4 is 22.4 Å². The van der Waals surface area contributed by atoms with Gasteiger partial charge < -0.3 is 0 Å². The molecule has 0 amide bonds. The van der Waals surface area contributed by atoms with Crippen molar-refractivity contribution in [3.63, 3.8) is 0 Å². The van der Waals surface area contributed by atoms with E-state index in [9.17, 15) is 4.39 Å². The van der Waals surface area contributed by atoms with E-state index >= 15 is 0 Å². The molecule has 0 aliphatic carbocycles. The summed E-state index contributed by atoms with van der Waals surface area (Å²) in [5.41, 5.74) is 0.495. The number of rotatable bonds is 0. The number of hydrogen-bond donors (Lipinski definition) is 0. The van der Waals surface area contributed by atoms with Crippen LogP contribution in [0.5, 0.6) is 0 Å². The number of nitrogens with zero attached hydrogens (tertiary/aromatic N) is 1. The van der Waals surface area contributed by atoms with E-state index in [-0.39, 0.29) is 5.82 Å². The summed E-state index contributed by atoms with van der Waals surface area (Å²) in [6, 6.07) is 5.03. The molecule has 2 aromatic rings. The van der Waals surface area contributed by atoms with Crippen LogP contribution in [0.4, 0.5) is 4.39 Å². The molecule has 0 aliphatic rings. The van der Waals surface area contributed by atoms with Gasteiger partial charge in [0.05, 0.1) is 0 Å². The van der Waals surface area contributed by atoms with E-state index in [1.165, 1.54) is 17.6 Å². The molecule has 0 bridgehead atoms. The first kappa shape index (κ1) is 6.73. The molecule has 0 atom stereocenters. The molecule has 0 fully saturated rings. The maximum atomic E-state index is 12.9.